The Labute approximate surface area is 195 Å². The average Bonchev–Trinajstić information content (AvgIpc) is 2.97. The Balaban J connectivity index is 2.06. The molecule has 186 valence electrons. The van der Waals surface area contributed by atoms with Gasteiger partial charge in [0.2, 0.25) is 15.9 Å². The standard InChI is InChI=1S/C23H25F5N2O3S/c1-4-34(32,33)29-21-19(30(12-23(21,27)28)22(31)13(2)3)10-14-6-5-7-18(20(14)26)15-8-16(24)11-17(25)9-15/h5-9,11,13,19,21,29H,4,10,12H2,1-3H3/t19-,21+/m0/s1. The Morgan fingerprint density at radius 2 is 1.76 bits per heavy atom. The number of hydrogen-bond acceptors (Lipinski definition) is 3. The van der Waals surface area contributed by atoms with Gasteiger partial charge in [-0.15, -0.1) is 0 Å². The molecular formula is C23H25F5N2O3S. The van der Waals surface area contributed by atoms with Crippen molar-refractivity contribution in [2.45, 2.75) is 45.2 Å². The predicted octanol–water partition coefficient (Wildman–Crippen LogP) is 4.12. The van der Waals surface area contributed by atoms with Gasteiger partial charge in [0.1, 0.15) is 23.5 Å². The van der Waals surface area contributed by atoms with Crippen molar-refractivity contribution in [3.05, 3.63) is 59.4 Å². The zero-order valence-electron chi connectivity index (χ0n) is 18.8. The first-order valence-corrected chi connectivity index (χ1v) is 12.3. The van der Waals surface area contributed by atoms with E-state index < -0.39 is 76.0 Å². The van der Waals surface area contributed by atoms with Gasteiger partial charge in [-0.25, -0.2) is 35.1 Å². The molecule has 34 heavy (non-hydrogen) atoms. The molecule has 0 unspecified atom stereocenters. The molecule has 1 N–H and O–H groups in total. The number of hydrogen-bond donors (Lipinski definition) is 1. The van der Waals surface area contributed by atoms with E-state index in [1.807, 2.05) is 4.72 Å². The second-order valence-electron chi connectivity index (χ2n) is 8.59. The molecule has 2 aromatic rings. The van der Waals surface area contributed by atoms with Crippen molar-refractivity contribution >= 4 is 15.9 Å². The van der Waals surface area contributed by atoms with Gasteiger partial charge in [0.15, 0.2) is 0 Å². The minimum atomic E-state index is -4.08. The SMILES string of the molecule is CCS(=O)(=O)N[C@@H]1[C@H](Cc2cccc(-c3cc(F)cc(F)c3)c2F)N(C(=O)C(C)C)CC1(F)F. The van der Waals surface area contributed by atoms with Gasteiger partial charge in [-0.1, -0.05) is 32.0 Å². The van der Waals surface area contributed by atoms with Crippen LogP contribution in [0.3, 0.4) is 0 Å². The molecule has 1 aliphatic rings. The number of benzene rings is 2. The zero-order valence-corrected chi connectivity index (χ0v) is 19.6. The van der Waals surface area contributed by atoms with Crippen molar-refractivity contribution in [3.8, 4) is 11.1 Å². The molecule has 2 aromatic carbocycles. The summed E-state index contributed by atoms with van der Waals surface area (Å²) in [6, 6.07) is 3.10. The summed E-state index contributed by atoms with van der Waals surface area (Å²) < 4.78 is 98.8. The van der Waals surface area contributed by atoms with Gasteiger partial charge in [0.25, 0.3) is 5.92 Å². The van der Waals surface area contributed by atoms with Gasteiger partial charge in [-0.05, 0) is 36.6 Å². The Bertz CT molecular complexity index is 1170. The molecule has 0 radical (unpaired) electrons. The number of nitrogens with zero attached hydrogens (tertiary/aromatic N) is 1. The summed E-state index contributed by atoms with van der Waals surface area (Å²) in [5.74, 6) is -8.10. The summed E-state index contributed by atoms with van der Waals surface area (Å²) in [5, 5.41) is 0. The van der Waals surface area contributed by atoms with Crippen molar-refractivity contribution in [3.63, 3.8) is 0 Å². The lowest BCUT2D eigenvalue weighted by Gasteiger charge is -2.29. The zero-order chi connectivity index (χ0) is 25.4. The van der Waals surface area contributed by atoms with Crippen LogP contribution in [0.4, 0.5) is 22.0 Å². The van der Waals surface area contributed by atoms with Crippen LogP contribution in [0.1, 0.15) is 26.3 Å². The van der Waals surface area contributed by atoms with Gasteiger partial charge in [-0.3, -0.25) is 4.79 Å². The maximum Gasteiger partial charge on any atom is 0.283 e. The van der Waals surface area contributed by atoms with Crippen molar-refractivity contribution in [2.24, 2.45) is 5.92 Å². The molecule has 0 spiro atoms. The van der Waals surface area contributed by atoms with Crippen LogP contribution in [-0.2, 0) is 21.2 Å². The van der Waals surface area contributed by atoms with E-state index in [9.17, 15) is 30.8 Å². The Morgan fingerprint density at radius 3 is 2.32 bits per heavy atom. The summed E-state index contributed by atoms with van der Waals surface area (Å²) in [7, 11) is -4.08. The van der Waals surface area contributed by atoms with Crippen molar-refractivity contribution < 1.29 is 35.2 Å². The first-order chi connectivity index (χ1) is 15.8. The lowest BCUT2D eigenvalue weighted by atomic mass is 9.95. The second-order valence-corrected chi connectivity index (χ2v) is 10.6. The van der Waals surface area contributed by atoms with Gasteiger partial charge in [0, 0.05) is 17.5 Å². The van der Waals surface area contributed by atoms with Gasteiger partial charge < -0.3 is 4.90 Å². The third-order valence-corrected chi connectivity index (χ3v) is 7.14. The topological polar surface area (TPSA) is 66.5 Å². The van der Waals surface area contributed by atoms with E-state index in [-0.39, 0.29) is 16.7 Å². The summed E-state index contributed by atoms with van der Waals surface area (Å²) >= 11 is 0. The second kappa shape index (κ2) is 9.61. The third-order valence-electron chi connectivity index (χ3n) is 5.77. The number of halogens is 5. The summed E-state index contributed by atoms with van der Waals surface area (Å²) in [5.41, 5.74) is -0.354. The maximum absolute atomic E-state index is 15.4. The van der Waals surface area contributed by atoms with E-state index in [0.717, 1.165) is 17.0 Å². The molecule has 1 fully saturated rings. The van der Waals surface area contributed by atoms with Crippen molar-refractivity contribution in [2.75, 3.05) is 12.3 Å². The molecule has 1 amide bonds. The number of rotatable bonds is 7. The predicted molar refractivity (Wildman–Crippen MR) is 117 cm³/mol. The molecule has 2 atom stereocenters. The van der Waals surface area contributed by atoms with E-state index in [4.69, 9.17) is 0 Å². The molecule has 3 rings (SSSR count). The number of carbonyl (C=O) groups excluding carboxylic acids is 1. The average molecular weight is 505 g/mol. The molecule has 5 nitrogen and oxygen atoms in total. The number of alkyl halides is 2. The number of sulfonamides is 1. The van der Waals surface area contributed by atoms with Crippen LogP contribution in [0.5, 0.6) is 0 Å². The van der Waals surface area contributed by atoms with Crippen LogP contribution < -0.4 is 4.72 Å². The van der Waals surface area contributed by atoms with Crippen LogP contribution in [-0.4, -0.2) is 49.5 Å². The third kappa shape index (κ3) is 5.41. The fourth-order valence-electron chi connectivity index (χ4n) is 4.04. The molecule has 0 saturated carbocycles. The monoisotopic (exact) mass is 504 g/mol. The molecule has 11 heteroatoms. The smallest absolute Gasteiger partial charge is 0.283 e. The minimum absolute atomic E-state index is 0.0908. The summed E-state index contributed by atoms with van der Waals surface area (Å²) in [6.45, 7) is 3.28. The highest BCUT2D eigenvalue weighted by molar-refractivity contribution is 7.89. The molecule has 1 heterocycles. The quantitative estimate of drug-likeness (QED) is 0.577. The molecule has 0 aromatic heterocycles. The largest absolute Gasteiger partial charge is 0.331 e. The first-order valence-electron chi connectivity index (χ1n) is 10.7. The lowest BCUT2D eigenvalue weighted by molar-refractivity contribution is -0.136. The summed E-state index contributed by atoms with van der Waals surface area (Å²) in [4.78, 5) is 13.6. The van der Waals surface area contributed by atoms with Crippen molar-refractivity contribution in [1.29, 1.82) is 0 Å². The molecule has 0 bridgehead atoms. The van der Waals surface area contributed by atoms with Crippen LogP contribution >= 0.6 is 0 Å². The number of amides is 1. The lowest BCUT2D eigenvalue weighted by Crippen LogP contribution is -2.53. The van der Waals surface area contributed by atoms with E-state index in [0.29, 0.717) is 6.07 Å². The molecule has 0 aliphatic carbocycles. The van der Waals surface area contributed by atoms with E-state index in [1.54, 1.807) is 0 Å². The minimum Gasteiger partial charge on any atom is -0.331 e. The van der Waals surface area contributed by atoms with Crippen LogP contribution in [0.2, 0.25) is 0 Å². The van der Waals surface area contributed by atoms with Crippen LogP contribution in [0.25, 0.3) is 11.1 Å². The van der Waals surface area contributed by atoms with E-state index in [2.05, 4.69) is 0 Å². The number of nitrogens with one attached hydrogen (secondary N) is 1. The molecule has 1 saturated heterocycles. The van der Waals surface area contributed by atoms with E-state index >= 15 is 4.39 Å². The van der Waals surface area contributed by atoms with E-state index in [1.165, 1.54) is 39.0 Å². The highest BCUT2D eigenvalue weighted by Gasteiger charge is 2.57. The fraction of sp³-hybridized carbons (Fsp3) is 0.435. The van der Waals surface area contributed by atoms with Crippen molar-refractivity contribution in [1.82, 2.24) is 9.62 Å². The first kappa shape index (κ1) is 26.1. The Morgan fingerprint density at radius 1 is 1.15 bits per heavy atom. The molecular weight excluding hydrogens is 479 g/mol. The number of likely N-dealkylation sites (tertiary alicyclic amines) is 1. The van der Waals surface area contributed by atoms with Crippen LogP contribution in [0, 0.1) is 23.4 Å². The molecule has 1 aliphatic heterocycles. The van der Waals surface area contributed by atoms with Crippen LogP contribution in [0.15, 0.2) is 36.4 Å². The van der Waals surface area contributed by atoms with Gasteiger partial charge in [0.05, 0.1) is 18.3 Å². The Kier molecular flexibility index (Phi) is 7.37. The van der Waals surface area contributed by atoms with Gasteiger partial charge in [-0.2, -0.15) is 0 Å². The Hall–Kier alpha value is -2.53. The summed E-state index contributed by atoms with van der Waals surface area (Å²) in [6.07, 6.45) is -0.442. The highest BCUT2D eigenvalue weighted by atomic mass is 32.2. The maximum atomic E-state index is 15.4. The number of carbonyl (C=O) groups is 1. The normalized spacial score (nSPS) is 20.2. The fourth-order valence-corrected chi connectivity index (χ4v) is 4.92. The van der Waals surface area contributed by atoms with Gasteiger partial charge >= 0.3 is 0 Å². The highest BCUT2D eigenvalue weighted by Crippen LogP contribution is 2.37.